The summed E-state index contributed by atoms with van der Waals surface area (Å²) in [5.74, 6) is -2.36. The number of hydrogen-bond donors (Lipinski definition) is 3. The van der Waals surface area contributed by atoms with Crippen LogP contribution in [0.15, 0.2) is 12.3 Å². The molecule has 1 aromatic heterocycles. The number of aliphatic carboxylic acids is 1. The van der Waals surface area contributed by atoms with Gasteiger partial charge in [0.15, 0.2) is 0 Å². The number of nitrogens with two attached hydrogens (primary N) is 1. The molecule has 0 bridgehead atoms. The van der Waals surface area contributed by atoms with Crippen LogP contribution in [0.2, 0.25) is 0 Å². The van der Waals surface area contributed by atoms with Gasteiger partial charge in [0, 0.05) is 13.2 Å². The molecule has 0 fully saturated rings. The summed E-state index contributed by atoms with van der Waals surface area (Å²) in [5.41, 5.74) is 5.44. The minimum Gasteiger partial charge on any atom is -0.480 e. The van der Waals surface area contributed by atoms with Crippen molar-refractivity contribution in [3.63, 3.8) is 0 Å². The number of rotatable bonds is 4. The zero-order chi connectivity index (χ0) is 13.2. The number of nitrogens with one attached hydrogen (secondary N) is 1. The van der Waals surface area contributed by atoms with Crippen molar-refractivity contribution in [1.82, 2.24) is 9.88 Å². The van der Waals surface area contributed by atoms with Gasteiger partial charge in [0.1, 0.15) is 11.7 Å². The molecule has 0 radical (unpaired) electrons. The molecule has 0 saturated carbocycles. The van der Waals surface area contributed by atoms with Crippen molar-refractivity contribution in [2.75, 3.05) is 0 Å². The molecule has 2 amide bonds. The minimum absolute atomic E-state index is 0.173. The third-order valence-electron chi connectivity index (χ3n) is 2.24. The zero-order valence-electron chi connectivity index (χ0n) is 9.43. The second-order valence-electron chi connectivity index (χ2n) is 3.62. The molecule has 0 spiro atoms. The Morgan fingerprint density at radius 3 is 2.47 bits per heavy atom. The molecule has 92 valence electrons. The van der Waals surface area contributed by atoms with E-state index in [1.807, 2.05) is 0 Å². The van der Waals surface area contributed by atoms with Gasteiger partial charge in [-0.15, -0.1) is 0 Å². The summed E-state index contributed by atoms with van der Waals surface area (Å²) in [6, 6.07) is 0.307. The first-order chi connectivity index (χ1) is 7.82. The van der Waals surface area contributed by atoms with Crippen LogP contribution in [0.25, 0.3) is 0 Å². The standard InChI is InChI=1S/C10H13N3O4/c1-5(10(16)17)12-9(15)7-3-6(8(11)14)4-13(7)2/h3-5H,1-2H3,(H2,11,14)(H,12,15)(H,16,17)/t5-/m0/s1. The molecule has 0 aliphatic heterocycles. The SMILES string of the molecule is C[C@H](NC(=O)c1cc(C(N)=O)cn1C)C(=O)O. The van der Waals surface area contributed by atoms with Crippen molar-refractivity contribution in [3.05, 3.63) is 23.5 Å². The number of hydrogen-bond acceptors (Lipinski definition) is 3. The van der Waals surface area contributed by atoms with Crippen LogP contribution in [-0.2, 0) is 11.8 Å². The number of amides is 2. The lowest BCUT2D eigenvalue weighted by molar-refractivity contribution is -0.138. The number of carboxylic acids is 1. The van der Waals surface area contributed by atoms with Crippen molar-refractivity contribution >= 4 is 17.8 Å². The van der Waals surface area contributed by atoms with E-state index >= 15 is 0 Å². The summed E-state index contributed by atoms with van der Waals surface area (Å²) in [5, 5.41) is 10.9. The average molecular weight is 239 g/mol. The maximum atomic E-state index is 11.7. The van der Waals surface area contributed by atoms with Crippen LogP contribution in [0.4, 0.5) is 0 Å². The van der Waals surface area contributed by atoms with Crippen LogP contribution in [0.3, 0.4) is 0 Å². The fourth-order valence-electron chi connectivity index (χ4n) is 1.26. The summed E-state index contributed by atoms with van der Waals surface area (Å²) in [7, 11) is 1.56. The molecule has 0 saturated heterocycles. The lowest BCUT2D eigenvalue weighted by Crippen LogP contribution is -2.39. The first-order valence-electron chi connectivity index (χ1n) is 4.82. The highest BCUT2D eigenvalue weighted by Gasteiger charge is 2.18. The fraction of sp³-hybridized carbons (Fsp3) is 0.300. The third-order valence-corrected chi connectivity index (χ3v) is 2.24. The molecule has 17 heavy (non-hydrogen) atoms. The van der Waals surface area contributed by atoms with Gasteiger partial charge in [-0.05, 0) is 13.0 Å². The van der Waals surface area contributed by atoms with Crippen LogP contribution < -0.4 is 11.1 Å². The zero-order valence-corrected chi connectivity index (χ0v) is 9.43. The first-order valence-corrected chi connectivity index (χ1v) is 4.82. The molecule has 0 aliphatic rings. The lowest BCUT2D eigenvalue weighted by Gasteiger charge is -2.09. The van der Waals surface area contributed by atoms with Crippen LogP contribution in [0.1, 0.15) is 27.8 Å². The van der Waals surface area contributed by atoms with Crippen LogP contribution in [-0.4, -0.2) is 33.5 Å². The number of carbonyl (C=O) groups excluding carboxylic acids is 2. The predicted molar refractivity (Wildman–Crippen MR) is 58.5 cm³/mol. The monoisotopic (exact) mass is 239 g/mol. The molecular weight excluding hydrogens is 226 g/mol. The fourth-order valence-corrected chi connectivity index (χ4v) is 1.26. The van der Waals surface area contributed by atoms with Gasteiger partial charge in [0.25, 0.3) is 5.91 Å². The lowest BCUT2D eigenvalue weighted by atomic mass is 10.2. The number of aromatic nitrogens is 1. The molecule has 0 unspecified atom stereocenters. The van der Waals surface area contributed by atoms with E-state index in [2.05, 4.69) is 5.32 Å². The van der Waals surface area contributed by atoms with Crippen LogP contribution in [0.5, 0.6) is 0 Å². The molecule has 0 aliphatic carbocycles. The average Bonchev–Trinajstić information content (AvgIpc) is 2.60. The smallest absolute Gasteiger partial charge is 0.325 e. The third kappa shape index (κ3) is 2.83. The molecule has 4 N–H and O–H groups in total. The van der Waals surface area contributed by atoms with Crippen molar-refractivity contribution in [2.45, 2.75) is 13.0 Å². The molecule has 1 aromatic rings. The van der Waals surface area contributed by atoms with E-state index in [9.17, 15) is 14.4 Å². The number of carboxylic acid groups (broad SMARTS) is 1. The van der Waals surface area contributed by atoms with Gasteiger partial charge in [0.05, 0.1) is 5.56 Å². The van der Waals surface area contributed by atoms with E-state index in [0.717, 1.165) is 0 Å². The summed E-state index contributed by atoms with van der Waals surface area (Å²) in [6.45, 7) is 1.35. The van der Waals surface area contributed by atoms with Crippen molar-refractivity contribution < 1.29 is 19.5 Å². The molecular formula is C10H13N3O4. The van der Waals surface area contributed by atoms with Crippen LogP contribution >= 0.6 is 0 Å². The number of nitrogens with zero attached hydrogens (tertiary/aromatic N) is 1. The molecule has 7 heteroatoms. The molecule has 1 heterocycles. The van der Waals surface area contributed by atoms with Crippen molar-refractivity contribution in [1.29, 1.82) is 0 Å². The minimum atomic E-state index is -1.14. The maximum absolute atomic E-state index is 11.7. The Morgan fingerprint density at radius 1 is 1.47 bits per heavy atom. The van der Waals surface area contributed by atoms with Gasteiger partial charge in [-0.2, -0.15) is 0 Å². The summed E-state index contributed by atoms with van der Waals surface area (Å²) < 4.78 is 1.41. The molecule has 1 atom stereocenters. The Kier molecular flexibility index (Phi) is 3.52. The Bertz CT molecular complexity index is 478. The second-order valence-corrected chi connectivity index (χ2v) is 3.62. The molecule has 0 aromatic carbocycles. The summed E-state index contributed by atoms with van der Waals surface area (Å²) in [6.07, 6.45) is 1.41. The number of primary amides is 1. The molecule has 7 nitrogen and oxygen atoms in total. The van der Waals surface area contributed by atoms with Gasteiger partial charge >= 0.3 is 5.97 Å². The van der Waals surface area contributed by atoms with Gasteiger partial charge in [-0.25, -0.2) is 0 Å². The van der Waals surface area contributed by atoms with Gasteiger partial charge in [0.2, 0.25) is 5.91 Å². The highest BCUT2D eigenvalue weighted by molar-refractivity contribution is 5.99. The topological polar surface area (TPSA) is 114 Å². The van der Waals surface area contributed by atoms with Crippen molar-refractivity contribution in [2.24, 2.45) is 12.8 Å². The van der Waals surface area contributed by atoms with E-state index in [-0.39, 0.29) is 11.3 Å². The predicted octanol–water partition coefficient (Wildman–Crippen LogP) is -0.673. The Morgan fingerprint density at radius 2 is 2.06 bits per heavy atom. The highest BCUT2D eigenvalue weighted by atomic mass is 16.4. The van der Waals surface area contributed by atoms with E-state index < -0.39 is 23.8 Å². The normalized spacial score (nSPS) is 11.9. The maximum Gasteiger partial charge on any atom is 0.325 e. The number of aryl methyl sites for hydroxylation is 1. The Labute approximate surface area is 97.2 Å². The highest BCUT2D eigenvalue weighted by Crippen LogP contribution is 2.06. The largest absolute Gasteiger partial charge is 0.480 e. The van der Waals surface area contributed by atoms with E-state index in [1.165, 1.54) is 23.8 Å². The Hall–Kier alpha value is -2.31. The second kappa shape index (κ2) is 4.69. The quantitative estimate of drug-likeness (QED) is 0.646. The van der Waals surface area contributed by atoms with E-state index in [0.29, 0.717) is 0 Å². The summed E-state index contributed by atoms with van der Waals surface area (Å²) >= 11 is 0. The summed E-state index contributed by atoms with van der Waals surface area (Å²) in [4.78, 5) is 33.1. The van der Waals surface area contributed by atoms with Gasteiger partial charge < -0.3 is 20.7 Å². The van der Waals surface area contributed by atoms with E-state index in [1.54, 1.807) is 7.05 Å². The molecule has 1 rings (SSSR count). The van der Waals surface area contributed by atoms with Gasteiger partial charge in [-0.1, -0.05) is 0 Å². The van der Waals surface area contributed by atoms with Gasteiger partial charge in [-0.3, -0.25) is 14.4 Å². The first kappa shape index (κ1) is 12.8. The Balaban J connectivity index is 2.89. The number of carbonyl (C=O) groups is 3. The van der Waals surface area contributed by atoms with Crippen LogP contribution in [0, 0.1) is 0 Å². The van der Waals surface area contributed by atoms with E-state index in [4.69, 9.17) is 10.8 Å². The van der Waals surface area contributed by atoms with Crippen molar-refractivity contribution in [3.8, 4) is 0 Å².